The van der Waals surface area contributed by atoms with Gasteiger partial charge in [0.25, 0.3) is 11.1 Å². The Morgan fingerprint density at radius 3 is 2.64 bits per heavy atom. The summed E-state index contributed by atoms with van der Waals surface area (Å²) in [6.45, 7) is 3.86. The molecule has 0 spiro atoms. The normalized spacial score (nSPS) is 15.6. The number of rotatable bonds is 3. The smallest absolute Gasteiger partial charge is 0.337 e. The van der Waals surface area contributed by atoms with E-state index in [1.165, 1.54) is 7.11 Å². The van der Waals surface area contributed by atoms with Crippen LogP contribution >= 0.6 is 11.8 Å². The van der Waals surface area contributed by atoms with E-state index in [-0.39, 0.29) is 11.1 Å². The van der Waals surface area contributed by atoms with Gasteiger partial charge >= 0.3 is 5.97 Å². The summed E-state index contributed by atoms with van der Waals surface area (Å²) in [5.41, 5.74) is 3.97. The number of amides is 2. The maximum Gasteiger partial charge on any atom is 0.337 e. The number of hydrogen-bond donors (Lipinski definition) is 1. The molecule has 0 radical (unpaired) electrons. The Kier molecular flexibility index (Phi) is 4.50. The van der Waals surface area contributed by atoms with Crippen LogP contribution < -0.4 is 5.32 Å². The van der Waals surface area contributed by atoms with Crippen molar-refractivity contribution < 1.29 is 19.1 Å². The van der Waals surface area contributed by atoms with Gasteiger partial charge in [0.15, 0.2) is 0 Å². The molecule has 2 heterocycles. The highest BCUT2D eigenvalue weighted by Gasteiger charge is 2.25. The first-order valence-electron chi connectivity index (χ1n) is 7.53. The summed E-state index contributed by atoms with van der Waals surface area (Å²) in [4.78, 5) is 35.2. The third kappa shape index (κ3) is 3.23. The molecule has 1 aromatic heterocycles. The number of hydrogen-bond acceptors (Lipinski definition) is 5. The molecule has 1 aliphatic rings. The fourth-order valence-electron chi connectivity index (χ4n) is 2.78. The molecular weight excluding hydrogens is 340 g/mol. The van der Waals surface area contributed by atoms with E-state index in [9.17, 15) is 14.4 Å². The summed E-state index contributed by atoms with van der Waals surface area (Å²) < 4.78 is 6.75. The molecule has 1 aliphatic heterocycles. The lowest BCUT2D eigenvalue weighted by atomic mass is 10.2. The molecule has 1 aromatic carbocycles. The van der Waals surface area contributed by atoms with Crippen LogP contribution in [0.2, 0.25) is 0 Å². The zero-order valence-electron chi connectivity index (χ0n) is 14.0. The van der Waals surface area contributed by atoms with Gasteiger partial charge in [-0.15, -0.1) is 0 Å². The molecule has 6 nitrogen and oxygen atoms in total. The Hall–Kier alpha value is -2.80. The van der Waals surface area contributed by atoms with Gasteiger partial charge < -0.3 is 9.30 Å². The van der Waals surface area contributed by atoms with Crippen molar-refractivity contribution >= 4 is 35.0 Å². The summed E-state index contributed by atoms with van der Waals surface area (Å²) in [5, 5.41) is 1.88. The second-order valence-electron chi connectivity index (χ2n) is 5.56. The minimum Gasteiger partial charge on any atom is -0.465 e. The molecule has 2 aromatic rings. The van der Waals surface area contributed by atoms with Crippen molar-refractivity contribution in [3.8, 4) is 5.69 Å². The Morgan fingerprint density at radius 1 is 1.24 bits per heavy atom. The lowest BCUT2D eigenvalue weighted by Gasteiger charge is -2.11. The molecule has 1 N–H and O–H groups in total. The topological polar surface area (TPSA) is 77.4 Å². The molecule has 0 aliphatic carbocycles. The molecule has 1 fully saturated rings. The van der Waals surface area contributed by atoms with Gasteiger partial charge in [-0.2, -0.15) is 0 Å². The number of nitrogens with zero attached hydrogens (tertiary/aromatic N) is 1. The van der Waals surface area contributed by atoms with Crippen molar-refractivity contribution in [1.29, 1.82) is 0 Å². The lowest BCUT2D eigenvalue weighted by Crippen LogP contribution is -2.17. The number of benzene rings is 1. The summed E-state index contributed by atoms with van der Waals surface area (Å²) in [5.74, 6) is -0.781. The predicted molar refractivity (Wildman–Crippen MR) is 95.7 cm³/mol. The summed E-state index contributed by atoms with van der Waals surface area (Å²) in [7, 11) is 1.34. The monoisotopic (exact) mass is 356 g/mol. The van der Waals surface area contributed by atoms with Crippen molar-refractivity contribution in [3.63, 3.8) is 0 Å². The number of nitrogens with one attached hydrogen (secondary N) is 1. The number of carbonyl (C=O) groups is 3. The largest absolute Gasteiger partial charge is 0.465 e. The average Bonchev–Trinajstić information content (AvgIpc) is 3.05. The predicted octanol–water partition coefficient (Wildman–Crippen LogP) is 3.20. The summed E-state index contributed by atoms with van der Waals surface area (Å²) >= 11 is 0.889. The molecule has 0 unspecified atom stereocenters. The molecule has 128 valence electrons. The molecule has 2 amide bonds. The van der Waals surface area contributed by atoms with E-state index in [1.54, 1.807) is 24.3 Å². The van der Waals surface area contributed by atoms with Gasteiger partial charge in [0.2, 0.25) is 0 Å². The van der Waals surface area contributed by atoms with E-state index < -0.39 is 5.97 Å². The van der Waals surface area contributed by atoms with Gasteiger partial charge in [0, 0.05) is 17.1 Å². The second-order valence-corrected chi connectivity index (χ2v) is 6.57. The maximum absolute atomic E-state index is 11.7. The summed E-state index contributed by atoms with van der Waals surface area (Å²) in [6, 6.07) is 9.06. The molecule has 7 heteroatoms. The van der Waals surface area contributed by atoms with E-state index in [2.05, 4.69) is 5.32 Å². The number of carbonyl (C=O) groups excluding carboxylic acids is 3. The lowest BCUT2D eigenvalue weighted by molar-refractivity contribution is -0.115. The van der Waals surface area contributed by atoms with Crippen LogP contribution in [0.25, 0.3) is 11.8 Å². The number of aryl methyl sites for hydroxylation is 1. The zero-order valence-corrected chi connectivity index (χ0v) is 14.8. The van der Waals surface area contributed by atoms with Gasteiger partial charge in [-0.05, 0) is 61.5 Å². The number of esters is 1. The van der Waals surface area contributed by atoms with Crippen LogP contribution in [0, 0.1) is 13.8 Å². The SMILES string of the molecule is COC(=O)c1cccc(-n2c(C)cc(/C=C3\SC(=O)NC3=O)c2C)c1. The van der Waals surface area contributed by atoms with Crippen LogP contribution in [-0.4, -0.2) is 28.8 Å². The number of ether oxygens (including phenoxy) is 1. The van der Waals surface area contributed by atoms with E-state index in [0.717, 1.165) is 34.4 Å². The third-order valence-corrected chi connectivity index (χ3v) is 4.73. The van der Waals surface area contributed by atoms with Crippen LogP contribution in [0.4, 0.5) is 4.79 Å². The zero-order chi connectivity index (χ0) is 18.1. The molecule has 0 atom stereocenters. The van der Waals surface area contributed by atoms with Crippen LogP contribution in [0.5, 0.6) is 0 Å². The van der Waals surface area contributed by atoms with Crippen LogP contribution in [-0.2, 0) is 9.53 Å². The molecule has 25 heavy (non-hydrogen) atoms. The molecular formula is C18H16N2O4S. The minimum absolute atomic E-state index is 0.365. The minimum atomic E-state index is -0.399. The fraction of sp³-hybridized carbons (Fsp3) is 0.167. The Bertz CT molecular complexity index is 927. The third-order valence-electron chi connectivity index (χ3n) is 3.92. The van der Waals surface area contributed by atoms with E-state index in [1.807, 2.05) is 30.5 Å². The number of thioether (sulfide) groups is 1. The average molecular weight is 356 g/mol. The van der Waals surface area contributed by atoms with Gasteiger partial charge in [-0.25, -0.2) is 4.79 Å². The fourth-order valence-corrected chi connectivity index (χ4v) is 3.46. The van der Waals surface area contributed by atoms with Crippen LogP contribution in [0.3, 0.4) is 0 Å². The van der Waals surface area contributed by atoms with Gasteiger partial charge in [-0.1, -0.05) is 6.07 Å². The van der Waals surface area contributed by atoms with Crippen molar-refractivity contribution in [2.45, 2.75) is 13.8 Å². The first-order valence-corrected chi connectivity index (χ1v) is 8.35. The van der Waals surface area contributed by atoms with E-state index in [0.29, 0.717) is 10.5 Å². The molecule has 3 rings (SSSR count). The molecule has 0 saturated carbocycles. The van der Waals surface area contributed by atoms with Gasteiger partial charge in [0.05, 0.1) is 17.6 Å². The number of imide groups is 1. The van der Waals surface area contributed by atoms with Crippen molar-refractivity contribution in [3.05, 3.63) is 57.8 Å². The van der Waals surface area contributed by atoms with Crippen molar-refractivity contribution in [1.82, 2.24) is 9.88 Å². The first-order chi connectivity index (χ1) is 11.9. The van der Waals surface area contributed by atoms with Gasteiger partial charge in [-0.3, -0.25) is 14.9 Å². The van der Waals surface area contributed by atoms with Gasteiger partial charge in [0.1, 0.15) is 0 Å². The van der Waals surface area contributed by atoms with Crippen LogP contribution in [0.1, 0.15) is 27.3 Å². The Morgan fingerprint density at radius 2 is 2.00 bits per heavy atom. The maximum atomic E-state index is 11.7. The molecule has 1 saturated heterocycles. The second kappa shape index (κ2) is 6.60. The molecule has 0 bridgehead atoms. The first kappa shape index (κ1) is 17.0. The van der Waals surface area contributed by atoms with Crippen LogP contribution in [0.15, 0.2) is 35.2 Å². The quantitative estimate of drug-likeness (QED) is 0.675. The van der Waals surface area contributed by atoms with Crippen molar-refractivity contribution in [2.75, 3.05) is 7.11 Å². The van der Waals surface area contributed by atoms with E-state index in [4.69, 9.17) is 4.74 Å². The Balaban J connectivity index is 2.04. The standard InChI is InChI=1S/C18H16N2O4S/c1-10-7-13(9-15-16(21)19-18(23)25-15)11(2)20(10)14-6-4-5-12(8-14)17(22)24-3/h4-9H,1-3H3,(H,19,21,23)/b15-9-. The van der Waals surface area contributed by atoms with E-state index >= 15 is 0 Å². The number of aromatic nitrogens is 1. The number of methoxy groups -OCH3 is 1. The van der Waals surface area contributed by atoms with Crippen molar-refractivity contribution in [2.24, 2.45) is 0 Å². The highest BCUT2D eigenvalue weighted by atomic mass is 32.2. The Labute approximate surface area is 148 Å². The highest BCUT2D eigenvalue weighted by molar-refractivity contribution is 8.18. The highest BCUT2D eigenvalue weighted by Crippen LogP contribution is 2.29. The summed E-state index contributed by atoms with van der Waals surface area (Å²) in [6.07, 6.45) is 1.70.